The fraction of sp³-hybridized carbons (Fsp3) is 0.364. The Morgan fingerprint density at radius 3 is 2.68 bits per heavy atom. The van der Waals surface area contributed by atoms with Crippen molar-refractivity contribution in [3.05, 3.63) is 54.1 Å². The van der Waals surface area contributed by atoms with Crippen LogP contribution in [0.15, 0.2) is 58.6 Å². The van der Waals surface area contributed by atoms with Gasteiger partial charge in [-0.3, -0.25) is 9.59 Å². The monoisotopic (exact) mass is 377 g/mol. The molecule has 1 fully saturated rings. The lowest BCUT2D eigenvalue weighted by atomic mass is 9.96. The highest BCUT2D eigenvalue weighted by Crippen LogP contribution is 2.31. The van der Waals surface area contributed by atoms with Crippen molar-refractivity contribution in [1.29, 1.82) is 0 Å². The Morgan fingerprint density at radius 1 is 1.18 bits per heavy atom. The summed E-state index contributed by atoms with van der Waals surface area (Å²) in [6.45, 7) is 0.837. The number of benzene rings is 1. The predicted octanol–water partition coefficient (Wildman–Crippen LogP) is 2.60. The average molecular weight is 377 g/mol. The first kappa shape index (κ1) is 18.3. The molecule has 0 aromatic heterocycles. The van der Waals surface area contributed by atoms with Gasteiger partial charge in [0, 0.05) is 12.5 Å². The molecule has 28 heavy (non-hydrogen) atoms. The summed E-state index contributed by atoms with van der Waals surface area (Å²) in [5, 5.41) is 0. The summed E-state index contributed by atoms with van der Waals surface area (Å²) in [6.07, 6.45) is 9.94. The van der Waals surface area contributed by atoms with Crippen LogP contribution in [0.1, 0.15) is 18.4 Å². The molecule has 1 aliphatic heterocycles. The van der Waals surface area contributed by atoms with Crippen LogP contribution in [0.4, 0.5) is 0 Å². The van der Waals surface area contributed by atoms with E-state index in [1.54, 1.807) is 18.1 Å². The van der Waals surface area contributed by atoms with Crippen molar-refractivity contribution < 1.29 is 14.3 Å². The number of nitrogens with zero attached hydrogens (tertiary/aromatic N) is 3. The zero-order valence-corrected chi connectivity index (χ0v) is 15.9. The van der Waals surface area contributed by atoms with Crippen LogP contribution in [-0.4, -0.2) is 48.5 Å². The van der Waals surface area contributed by atoms with Gasteiger partial charge in [0.1, 0.15) is 11.7 Å². The van der Waals surface area contributed by atoms with Crippen LogP contribution in [0.5, 0.6) is 5.75 Å². The van der Waals surface area contributed by atoms with E-state index in [-0.39, 0.29) is 30.2 Å². The highest BCUT2D eigenvalue weighted by molar-refractivity contribution is 6.21. The summed E-state index contributed by atoms with van der Waals surface area (Å²) in [5.41, 5.74) is 1.83. The Labute approximate surface area is 164 Å². The molecule has 6 heteroatoms. The van der Waals surface area contributed by atoms with E-state index in [0.29, 0.717) is 18.1 Å². The zero-order chi connectivity index (χ0) is 19.5. The Balaban J connectivity index is 1.46. The Hall–Kier alpha value is -3.02. The van der Waals surface area contributed by atoms with Crippen molar-refractivity contribution in [1.82, 2.24) is 4.90 Å². The molecule has 4 rings (SSSR count). The molecule has 1 aromatic rings. The number of hydrogen-bond acceptors (Lipinski definition) is 4. The average Bonchev–Trinajstić information content (AvgIpc) is 3.56. The SMILES string of the molecule is COc1ccc(CCN(CC2=NC(=O)C3C=CC=CC3=N2)C(=O)C2CC2)cc1. The third-order valence-corrected chi connectivity index (χ3v) is 5.16. The highest BCUT2D eigenvalue weighted by Gasteiger charge is 2.34. The van der Waals surface area contributed by atoms with Crippen LogP contribution >= 0.6 is 0 Å². The van der Waals surface area contributed by atoms with E-state index in [2.05, 4.69) is 9.98 Å². The van der Waals surface area contributed by atoms with Crippen molar-refractivity contribution in [3.63, 3.8) is 0 Å². The van der Waals surface area contributed by atoms with Crippen molar-refractivity contribution in [2.75, 3.05) is 20.2 Å². The van der Waals surface area contributed by atoms with E-state index < -0.39 is 0 Å². The molecule has 6 nitrogen and oxygen atoms in total. The first-order valence-corrected chi connectivity index (χ1v) is 9.60. The number of hydrogen-bond donors (Lipinski definition) is 0. The third kappa shape index (κ3) is 4.11. The predicted molar refractivity (Wildman–Crippen MR) is 108 cm³/mol. The van der Waals surface area contributed by atoms with Crippen molar-refractivity contribution in [2.24, 2.45) is 21.8 Å². The quantitative estimate of drug-likeness (QED) is 0.733. The van der Waals surface area contributed by atoms with Gasteiger partial charge < -0.3 is 9.64 Å². The minimum absolute atomic E-state index is 0.105. The van der Waals surface area contributed by atoms with E-state index >= 15 is 0 Å². The molecule has 1 unspecified atom stereocenters. The molecule has 2 amide bonds. The molecular formula is C22H23N3O3. The number of methoxy groups -OCH3 is 1. The third-order valence-electron chi connectivity index (χ3n) is 5.16. The largest absolute Gasteiger partial charge is 0.497 e. The van der Waals surface area contributed by atoms with Crippen LogP contribution in [0.2, 0.25) is 0 Å². The number of fused-ring (bicyclic) bond motifs is 1. The van der Waals surface area contributed by atoms with Crippen LogP contribution < -0.4 is 4.74 Å². The summed E-state index contributed by atoms with van der Waals surface area (Å²) in [6, 6.07) is 7.84. The number of allylic oxidation sites excluding steroid dienone is 3. The molecule has 144 valence electrons. The van der Waals surface area contributed by atoms with Crippen LogP contribution in [-0.2, 0) is 16.0 Å². The maximum Gasteiger partial charge on any atom is 0.260 e. The molecule has 3 aliphatic rings. The normalized spacial score (nSPS) is 20.3. The molecule has 1 saturated carbocycles. The van der Waals surface area contributed by atoms with Gasteiger partial charge in [0.05, 0.1) is 19.4 Å². The number of amidine groups is 1. The van der Waals surface area contributed by atoms with Gasteiger partial charge in [0.15, 0.2) is 5.84 Å². The minimum atomic E-state index is -0.388. The van der Waals surface area contributed by atoms with E-state index in [4.69, 9.17) is 4.74 Å². The molecule has 1 aromatic carbocycles. The fourth-order valence-electron chi connectivity index (χ4n) is 3.37. The fourth-order valence-corrected chi connectivity index (χ4v) is 3.37. The topological polar surface area (TPSA) is 71.3 Å². The summed E-state index contributed by atoms with van der Waals surface area (Å²) < 4.78 is 5.19. The molecule has 0 spiro atoms. The Kier molecular flexibility index (Phi) is 5.19. The molecular weight excluding hydrogens is 354 g/mol. The van der Waals surface area contributed by atoms with E-state index in [9.17, 15) is 9.59 Å². The zero-order valence-electron chi connectivity index (χ0n) is 15.9. The summed E-state index contributed by atoms with van der Waals surface area (Å²) in [5.74, 6) is 0.860. The number of carbonyl (C=O) groups excluding carboxylic acids is 2. The van der Waals surface area contributed by atoms with Crippen molar-refractivity contribution in [2.45, 2.75) is 19.3 Å². The molecule has 0 N–H and O–H groups in total. The number of aliphatic imine (C=N–C) groups is 2. The lowest BCUT2D eigenvalue weighted by Crippen LogP contribution is -2.40. The number of rotatable bonds is 7. The minimum Gasteiger partial charge on any atom is -0.497 e. The van der Waals surface area contributed by atoms with E-state index in [0.717, 1.165) is 30.6 Å². The second-order valence-electron chi connectivity index (χ2n) is 7.26. The second kappa shape index (κ2) is 7.92. The van der Waals surface area contributed by atoms with Gasteiger partial charge in [-0.05, 0) is 43.0 Å². The van der Waals surface area contributed by atoms with Gasteiger partial charge in [0.25, 0.3) is 5.91 Å². The number of ether oxygens (including phenoxy) is 1. The van der Waals surface area contributed by atoms with Crippen LogP contribution in [0.3, 0.4) is 0 Å². The van der Waals surface area contributed by atoms with Crippen LogP contribution in [0.25, 0.3) is 0 Å². The van der Waals surface area contributed by atoms with Crippen molar-refractivity contribution in [3.8, 4) is 5.75 Å². The standard InChI is InChI=1S/C22H23N3O3/c1-28-17-10-6-15(7-11-17)12-13-25(22(27)16-8-9-16)14-20-23-19-5-3-2-4-18(19)21(26)24-20/h2-7,10-11,16,18H,8-9,12-14H2,1H3. The lowest BCUT2D eigenvalue weighted by Gasteiger charge is -2.25. The van der Waals surface area contributed by atoms with Gasteiger partial charge in [-0.2, -0.15) is 4.99 Å². The first-order valence-electron chi connectivity index (χ1n) is 9.60. The number of carbonyl (C=O) groups is 2. The lowest BCUT2D eigenvalue weighted by molar-refractivity contribution is -0.131. The van der Waals surface area contributed by atoms with Crippen molar-refractivity contribution >= 4 is 23.4 Å². The molecule has 0 radical (unpaired) electrons. The van der Waals surface area contributed by atoms with E-state index in [1.807, 2.05) is 42.5 Å². The molecule has 0 saturated heterocycles. The molecule has 1 atom stereocenters. The second-order valence-corrected chi connectivity index (χ2v) is 7.26. The molecule has 1 heterocycles. The summed E-state index contributed by atoms with van der Waals surface area (Å²) >= 11 is 0. The van der Waals surface area contributed by atoms with Gasteiger partial charge in [-0.15, -0.1) is 0 Å². The number of amides is 2. The Morgan fingerprint density at radius 2 is 1.96 bits per heavy atom. The Bertz CT molecular complexity index is 892. The maximum absolute atomic E-state index is 12.8. The van der Waals surface area contributed by atoms with E-state index in [1.165, 1.54) is 0 Å². The van der Waals surface area contributed by atoms with Gasteiger partial charge in [-0.1, -0.05) is 30.4 Å². The maximum atomic E-state index is 12.8. The van der Waals surface area contributed by atoms with Gasteiger partial charge >= 0.3 is 0 Å². The van der Waals surface area contributed by atoms with Crippen LogP contribution in [0, 0.1) is 11.8 Å². The summed E-state index contributed by atoms with van der Waals surface area (Å²) in [4.78, 5) is 35.5. The highest BCUT2D eigenvalue weighted by atomic mass is 16.5. The van der Waals surface area contributed by atoms with Gasteiger partial charge in [0.2, 0.25) is 5.91 Å². The van der Waals surface area contributed by atoms with Gasteiger partial charge in [-0.25, -0.2) is 4.99 Å². The first-order chi connectivity index (χ1) is 13.6. The summed E-state index contributed by atoms with van der Waals surface area (Å²) in [7, 11) is 1.64. The molecule has 2 aliphatic carbocycles. The smallest absolute Gasteiger partial charge is 0.260 e. The molecule has 0 bridgehead atoms.